The number of aromatic nitrogens is 3. The first-order valence-electron chi connectivity index (χ1n) is 4.95. The van der Waals surface area contributed by atoms with Gasteiger partial charge in [0.1, 0.15) is 11.6 Å². The van der Waals surface area contributed by atoms with Crippen molar-refractivity contribution in [3.8, 4) is 6.07 Å². The zero-order chi connectivity index (χ0) is 11.3. The van der Waals surface area contributed by atoms with Gasteiger partial charge in [-0.2, -0.15) is 5.26 Å². The molecule has 16 heavy (non-hydrogen) atoms. The molecule has 1 saturated carbocycles. The van der Waals surface area contributed by atoms with Crippen LogP contribution < -0.4 is 5.73 Å². The molecule has 3 rings (SSSR count). The molecular formula is C10H8ClN5. The van der Waals surface area contributed by atoms with Gasteiger partial charge in [0.25, 0.3) is 0 Å². The predicted octanol–water partition coefficient (Wildman–Crippen LogP) is 1.71. The van der Waals surface area contributed by atoms with Crippen molar-refractivity contribution in [2.45, 2.75) is 18.8 Å². The molecule has 5 nitrogen and oxygen atoms in total. The van der Waals surface area contributed by atoms with Crippen molar-refractivity contribution in [2.24, 2.45) is 0 Å². The van der Waals surface area contributed by atoms with Gasteiger partial charge in [-0.1, -0.05) is 11.6 Å². The van der Waals surface area contributed by atoms with E-state index in [1.54, 1.807) is 10.7 Å². The summed E-state index contributed by atoms with van der Waals surface area (Å²) in [6, 6.07) is 2.13. The largest absolute Gasteiger partial charge is 0.367 e. The molecule has 6 heteroatoms. The molecule has 1 aliphatic carbocycles. The maximum atomic E-state index is 9.12. The van der Waals surface area contributed by atoms with E-state index in [-0.39, 0.29) is 5.95 Å². The minimum absolute atomic E-state index is 0.186. The first kappa shape index (κ1) is 9.43. The molecule has 2 N–H and O–H groups in total. The van der Waals surface area contributed by atoms with E-state index in [0.717, 1.165) is 18.5 Å². The maximum absolute atomic E-state index is 9.12. The molecule has 0 atom stereocenters. The number of fused-ring (bicyclic) bond motifs is 1. The molecule has 1 fully saturated rings. The molecule has 0 saturated heterocycles. The molecule has 0 spiro atoms. The summed E-state index contributed by atoms with van der Waals surface area (Å²) in [5.74, 6) is 0.564. The average Bonchev–Trinajstić information content (AvgIpc) is 3.05. The van der Waals surface area contributed by atoms with Gasteiger partial charge in [-0.15, -0.1) is 5.10 Å². The van der Waals surface area contributed by atoms with Crippen molar-refractivity contribution < 1.29 is 0 Å². The Kier molecular flexibility index (Phi) is 1.82. The van der Waals surface area contributed by atoms with Gasteiger partial charge in [-0.3, -0.25) is 0 Å². The van der Waals surface area contributed by atoms with Crippen LogP contribution in [0.3, 0.4) is 0 Å². The standard InChI is InChI=1S/C10H8ClN5/c11-8-6(3-12)9(5-1-2-5)16-7(8)4-14-10(13)15-16/h4-5H,1-2H2,(H2,13,15). The molecule has 2 aromatic heterocycles. The van der Waals surface area contributed by atoms with Gasteiger partial charge in [-0.05, 0) is 12.8 Å². The highest BCUT2D eigenvalue weighted by atomic mass is 35.5. The van der Waals surface area contributed by atoms with Crippen LogP contribution in [0, 0.1) is 11.3 Å². The number of nitriles is 1. The van der Waals surface area contributed by atoms with Gasteiger partial charge in [0.2, 0.25) is 5.95 Å². The van der Waals surface area contributed by atoms with E-state index in [1.807, 2.05) is 0 Å². The molecule has 0 radical (unpaired) electrons. The molecule has 0 amide bonds. The van der Waals surface area contributed by atoms with Crippen LogP contribution in [-0.2, 0) is 0 Å². The third-order valence-corrected chi connectivity index (χ3v) is 3.14. The lowest BCUT2D eigenvalue weighted by Crippen LogP contribution is -2.03. The molecule has 0 aliphatic heterocycles. The van der Waals surface area contributed by atoms with Gasteiger partial charge in [0.15, 0.2) is 0 Å². The lowest BCUT2D eigenvalue weighted by atomic mass is 10.2. The zero-order valence-corrected chi connectivity index (χ0v) is 9.07. The number of hydrogen-bond donors (Lipinski definition) is 1. The number of nitrogen functional groups attached to an aromatic ring is 1. The smallest absolute Gasteiger partial charge is 0.238 e. The molecular weight excluding hydrogens is 226 g/mol. The third-order valence-electron chi connectivity index (χ3n) is 2.75. The van der Waals surface area contributed by atoms with E-state index in [0.29, 0.717) is 22.0 Å². The fraction of sp³-hybridized carbons (Fsp3) is 0.300. The van der Waals surface area contributed by atoms with Gasteiger partial charge >= 0.3 is 0 Å². The van der Waals surface area contributed by atoms with Crippen molar-refractivity contribution in [3.05, 3.63) is 22.5 Å². The number of hydrogen-bond acceptors (Lipinski definition) is 4. The summed E-state index contributed by atoms with van der Waals surface area (Å²) in [7, 11) is 0. The number of nitrogens with zero attached hydrogens (tertiary/aromatic N) is 4. The summed E-state index contributed by atoms with van der Waals surface area (Å²) in [6.45, 7) is 0. The second kappa shape index (κ2) is 3.09. The van der Waals surface area contributed by atoms with E-state index in [1.165, 1.54) is 0 Å². The Morgan fingerprint density at radius 3 is 2.94 bits per heavy atom. The zero-order valence-electron chi connectivity index (χ0n) is 8.31. The van der Waals surface area contributed by atoms with E-state index >= 15 is 0 Å². The lowest BCUT2D eigenvalue weighted by molar-refractivity contribution is 0.839. The van der Waals surface area contributed by atoms with Gasteiger partial charge < -0.3 is 5.73 Å². The predicted molar refractivity (Wildman–Crippen MR) is 59.1 cm³/mol. The van der Waals surface area contributed by atoms with Crippen LogP contribution in [-0.4, -0.2) is 14.6 Å². The van der Waals surface area contributed by atoms with E-state index in [9.17, 15) is 0 Å². The van der Waals surface area contributed by atoms with E-state index < -0.39 is 0 Å². The molecule has 80 valence electrons. The first-order valence-corrected chi connectivity index (χ1v) is 5.33. The molecule has 1 aliphatic rings. The Hall–Kier alpha value is -1.80. The average molecular weight is 234 g/mol. The number of halogens is 1. The Labute approximate surface area is 96.4 Å². The summed E-state index contributed by atoms with van der Waals surface area (Å²) in [4.78, 5) is 3.89. The number of nitrogens with two attached hydrogens (primary N) is 1. The Morgan fingerprint density at radius 2 is 2.31 bits per heavy atom. The summed E-state index contributed by atoms with van der Waals surface area (Å²) in [5, 5.41) is 13.7. The fourth-order valence-electron chi connectivity index (χ4n) is 1.88. The number of anilines is 1. The van der Waals surface area contributed by atoms with Crippen molar-refractivity contribution in [3.63, 3.8) is 0 Å². The minimum Gasteiger partial charge on any atom is -0.367 e. The highest BCUT2D eigenvalue weighted by Crippen LogP contribution is 2.44. The quantitative estimate of drug-likeness (QED) is 0.813. The van der Waals surface area contributed by atoms with Gasteiger partial charge in [-0.25, -0.2) is 9.50 Å². The molecule has 0 unspecified atom stereocenters. The van der Waals surface area contributed by atoms with Crippen LogP contribution in [0.2, 0.25) is 5.02 Å². The van der Waals surface area contributed by atoms with Crippen molar-refractivity contribution in [1.82, 2.24) is 14.6 Å². The molecule has 2 heterocycles. The minimum atomic E-state index is 0.186. The van der Waals surface area contributed by atoms with E-state index in [2.05, 4.69) is 16.2 Å². The SMILES string of the molecule is N#Cc1c(Cl)c2cnc(N)nn2c1C1CC1. The highest BCUT2D eigenvalue weighted by molar-refractivity contribution is 6.35. The Morgan fingerprint density at radius 1 is 1.56 bits per heavy atom. The topological polar surface area (TPSA) is 80.0 Å². The van der Waals surface area contributed by atoms with Crippen LogP contribution in [0.25, 0.3) is 5.52 Å². The van der Waals surface area contributed by atoms with Crippen LogP contribution in [0.15, 0.2) is 6.20 Å². The van der Waals surface area contributed by atoms with Crippen LogP contribution >= 0.6 is 11.6 Å². The third kappa shape index (κ3) is 1.17. The highest BCUT2D eigenvalue weighted by Gasteiger charge is 2.32. The summed E-state index contributed by atoms with van der Waals surface area (Å²) in [5.41, 5.74) is 7.57. The van der Waals surface area contributed by atoms with Crippen LogP contribution in [0.4, 0.5) is 5.95 Å². The summed E-state index contributed by atoms with van der Waals surface area (Å²) < 4.78 is 1.65. The van der Waals surface area contributed by atoms with Crippen molar-refractivity contribution >= 4 is 23.1 Å². The Balaban J connectivity index is 2.43. The second-order valence-electron chi connectivity index (χ2n) is 3.87. The second-order valence-corrected chi connectivity index (χ2v) is 4.25. The monoisotopic (exact) mass is 233 g/mol. The molecule has 0 bridgehead atoms. The first-order chi connectivity index (χ1) is 7.72. The maximum Gasteiger partial charge on any atom is 0.238 e. The normalized spacial score (nSPS) is 15.2. The fourth-order valence-corrected chi connectivity index (χ4v) is 2.15. The summed E-state index contributed by atoms with van der Waals surface area (Å²) in [6.07, 6.45) is 3.69. The number of rotatable bonds is 1. The molecule has 2 aromatic rings. The van der Waals surface area contributed by atoms with Gasteiger partial charge in [0.05, 0.1) is 22.5 Å². The van der Waals surface area contributed by atoms with Gasteiger partial charge in [0, 0.05) is 5.92 Å². The molecule has 0 aromatic carbocycles. The summed E-state index contributed by atoms with van der Waals surface area (Å²) >= 11 is 6.12. The van der Waals surface area contributed by atoms with Crippen LogP contribution in [0.5, 0.6) is 0 Å². The van der Waals surface area contributed by atoms with Crippen molar-refractivity contribution in [1.29, 1.82) is 5.26 Å². The van der Waals surface area contributed by atoms with Crippen LogP contribution in [0.1, 0.15) is 30.0 Å². The Bertz CT molecular complexity index is 620. The van der Waals surface area contributed by atoms with Crippen molar-refractivity contribution in [2.75, 3.05) is 5.73 Å². The van der Waals surface area contributed by atoms with E-state index in [4.69, 9.17) is 22.6 Å². The lowest BCUT2D eigenvalue weighted by Gasteiger charge is -1.99.